The van der Waals surface area contributed by atoms with Crippen LogP contribution in [0.1, 0.15) is 28.1 Å². The first-order valence-electron chi connectivity index (χ1n) is 9.71. The molecule has 33 heavy (non-hydrogen) atoms. The van der Waals surface area contributed by atoms with E-state index in [-0.39, 0.29) is 28.0 Å². The molecular weight excluding hydrogens is 446 g/mol. The van der Waals surface area contributed by atoms with E-state index in [0.29, 0.717) is 11.1 Å². The van der Waals surface area contributed by atoms with Crippen LogP contribution in [0.5, 0.6) is 0 Å². The first-order valence-corrected chi connectivity index (χ1v) is 9.71. The van der Waals surface area contributed by atoms with Gasteiger partial charge in [0.2, 0.25) is 0 Å². The Morgan fingerprint density at radius 2 is 1.52 bits per heavy atom. The highest BCUT2D eigenvalue weighted by Gasteiger charge is 2.35. The number of nitrogens with zero attached hydrogens (tertiary/aromatic N) is 1. The molecule has 0 aliphatic heterocycles. The highest BCUT2D eigenvalue weighted by atomic mass is 19.4. The van der Waals surface area contributed by atoms with Crippen molar-refractivity contribution in [1.29, 1.82) is 0 Å². The number of hydrogen-bond donors (Lipinski definition) is 2. The zero-order valence-electron chi connectivity index (χ0n) is 16.8. The van der Waals surface area contributed by atoms with E-state index in [1.165, 1.54) is 36.4 Å². The van der Waals surface area contributed by atoms with Gasteiger partial charge in [0.1, 0.15) is 5.82 Å². The predicted octanol–water partition coefficient (Wildman–Crippen LogP) is 6.93. The summed E-state index contributed by atoms with van der Waals surface area (Å²) in [5.41, 5.74) is -0.269. The molecule has 0 saturated heterocycles. The van der Waals surface area contributed by atoms with Crippen molar-refractivity contribution in [2.75, 3.05) is 0 Å². The minimum Gasteiger partial charge on any atom is -0.392 e. The Morgan fingerprint density at radius 3 is 2.15 bits per heavy atom. The first kappa shape index (κ1) is 22.6. The Hall–Kier alpha value is -3.59. The summed E-state index contributed by atoms with van der Waals surface area (Å²) in [6, 6.07) is 13.0. The minimum atomic E-state index is -4.65. The molecule has 1 aromatic heterocycles. The van der Waals surface area contributed by atoms with Crippen molar-refractivity contribution in [3.8, 4) is 11.1 Å². The standard InChI is InChI=1S/C24H16F6N2O/c25-23(26,27)16-8-5-14(6-9-16)7-10-22-31-20-11-18(17-4-2-1-3-15(17)13-33)19(24(28,29)30)12-21(20)32-22/h1-12,33H,13H2,(H,31,32). The van der Waals surface area contributed by atoms with Gasteiger partial charge in [-0.3, -0.25) is 0 Å². The third-order valence-electron chi connectivity index (χ3n) is 5.09. The van der Waals surface area contributed by atoms with Crippen molar-refractivity contribution in [3.05, 3.63) is 88.7 Å². The molecule has 0 spiro atoms. The summed E-state index contributed by atoms with van der Waals surface area (Å²) in [6.45, 7) is -0.423. The Kier molecular flexibility index (Phi) is 5.75. The number of halogens is 6. The van der Waals surface area contributed by atoms with Crippen LogP contribution in [0.2, 0.25) is 0 Å². The molecule has 4 rings (SSSR count). The van der Waals surface area contributed by atoms with Gasteiger partial charge in [-0.25, -0.2) is 4.98 Å². The second-order valence-electron chi connectivity index (χ2n) is 7.30. The second kappa shape index (κ2) is 8.40. The van der Waals surface area contributed by atoms with E-state index in [4.69, 9.17) is 0 Å². The maximum absolute atomic E-state index is 13.8. The largest absolute Gasteiger partial charge is 0.417 e. The van der Waals surface area contributed by atoms with Gasteiger partial charge >= 0.3 is 12.4 Å². The average molecular weight is 462 g/mol. The van der Waals surface area contributed by atoms with Gasteiger partial charge in [-0.15, -0.1) is 0 Å². The fraction of sp³-hybridized carbons (Fsp3) is 0.125. The van der Waals surface area contributed by atoms with E-state index in [1.54, 1.807) is 18.2 Å². The number of hydrogen-bond acceptors (Lipinski definition) is 2. The summed E-state index contributed by atoms with van der Waals surface area (Å²) in [6.07, 6.45) is -6.11. The normalized spacial score (nSPS) is 12.7. The third-order valence-corrected chi connectivity index (χ3v) is 5.09. The minimum absolute atomic E-state index is 0.107. The fourth-order valence-corrected chi connectivity index (χ4v) is 3.49. The van der Waals surface area contributed by atoms with Crippen LogP contribution in [0.15, 0.2) is 60.7 Å². The molecule has 9 heteroatoms. The first-order chi connectivity index (χ1) is 15.6. The molecule has 2 N–H and O–H groups in total. The highest BCUT2D eigenvalue weighted by molar-refractivity contribution is 5.87. The van der Waals surface area contributed by atoms with Gasteiger partial charge in [-0.2, -0.15) is 26.3 Å². The topological polar surface area (TPSA) is 48.9 Å². The summed E-state index contributed by atoms with van der Waals surface area (Å²) in [7, 11) is 0. The smallest absolute Gasteiger partial charge is 0.392 e. The quantitative estimate of drug-likeness (QED) is 0.323. The van der Waals surface area contributed by atoms with E-state index in [2.05, 4.69) is 9.97 Å². The van der Waals surface area contributed by atoms with Crippen LogP contribution >= 0.6 is 0 Å². The van der Waals surface area contributed by atoms with Gasteiger partial charge in [0, 0.05) is 0 Å². The SMILES string of the molecule is OCc1ccccc1-c1cc2nc(C=Cc3ccc(C(F)(F)F)cc3)[nH]c2cc1C(F)(F)F. The second-order valence-corrected chi connectivity index (χ2v) is 7.30. The van der Waals surface area contributed by atoms with Gasteiger partial charge in [0.25, 0.3) is 0 Å². The fourth-order valence-electron chi connectivity index (χ4n) is 3.49. The predicted molar refractivity (Wildman–Crippen MR) is 113 cm³/mol. The van der Waals surface area contributed by atoms with E-state index in [0.717, 1.165) is 18.2 Å². The van der Waals surface area contributed by atoms with Gasteiger partial charge in [0.15, 0.2) is 0 Å². The Morgan fingerprint density at radius 1 is 0.818 bits per heavy atom. The number of nitrogens with one attached hydrogen (secondary N) is 1. The lowest BCUT2D eigenvalue weighted by molar-refractivity contribution is -0.138. The third kappa shape index (κ3) is 4.78. The molecule has 4 aromatic rings. The Balaban J connectivity index is 1.74. The molecule has 0 aliphatic rings. The lowest BCUT2D eigenvalue weighted by Crippen LogP contribution is -2.08. The van der Waals surface area contributed by atoms with Crippen molar-refractivity contribution >= 4 is 23.2 Å². The van der Waals surface area contributed by atoms with Crippen LogP contribution < -0.4 is 0 Å². The maximum Gasteiger partial charge on any atom is 0.417 e. The summed E-state index contributed by atoms with van der Waals surface area (Å²) in [4.78, 5) is 7.09. The van der Waals surface area contributed by atoms with Crippen molar-refractivity contribution in [2.45, 2.75) is 19.0 Å². The molecule has 0 aliphatic carbocycles. The van der Waals surface area contributed by atoms with Gasteiger partial charge in [-0.1, -0.05) is 42.5 Å². The lowest BCUT2D eigenvalue weighted by atomic mass is 9.94. The van der Waals surface area contributed by atoms with E-state index in [9.17, 15) is 31.4 Å². The summed E-state index contributed by atoms with van der Waals surface area (Å²) >= 11 is 0. The Bertz CT molecular complexity index is 1320. The molecule has 0 radical (unpaired) electrons. The Labute approximate surface area is 184 Å². The molecule has 0 amide bonds. The molecule has 3 nitrogen and oxygen atoms in total. The molecular formula is C24H16F6N2O. The van der Waals surface area contributed by atoms with Gasteiger partial charge < -0.3 is 10.1 Å². The number of fused-ring (bicyclic) bond motifs is 1. The van der Waals surface area contributed by atoms with Crippen LogP contribution in [-0.2, 0) is 19.0 Å². The molecule has 3 aromatic carbocycles. The average Bonchev–Trinajstić information content (AvgIpc) is 3.18. The summed E-state index contributed by atoms with van der Waals surface area (Å²) < 4.78 is 79.4. The number of aromatic amines is 1. The lowest BCUT2D eigenvalue weighted by Gasteiger charge is -2.15. The molecule has 0 atom stereocenters. The van der Waals surface area contributed by atoms with Gasteiger partial charge in [0.05, 0.1) is 28.8 Å². The zero-order chi connectivity index (χ0) is 23.8. The number of rotatable bonds is 4. The summed E-state index contributed by atoms with van der Waals surface area (Å²) in [5.74, 6) is 0.241. The zero-order valence-corrected chi connectivity index (χ0v) is 16.8. The number of imidazole rings is 1. The number of aromatic nitrogens is 2. The van der Waals surface area contributed by atoms with Crippen molar-refractivity contribution in [1.82, 2.24) is 9.97 Å². The molecule has 0 bridgehead atoms. The molecule has 0 saturated carbocycles. The molecule has 1 heterocycles. The van der Waals surface area contributed by atoms with Crippen LogP contribution in [0.3, 0.4) is 0 Å². The maximum atomic E-state index is 13.8. The van der Waals surface area contributed by atoms with Crippen LogP contribution in [0, 0.1) is 0 Å². The monoisotopic (exact) mass is 462 g/mol. The molecule has 170 valence electrons. The van der Waals surface area contributed by atoms with E-state index in [1.807, 2.05) is 0 Å². The van der Waals surface area contributed by atoms with Crippen LogP contribution in [-0.4, -0.2) is 15.1 Å². The van der Waals surface area contributed by atoms with Crippen molar-refractivity contribution in [2.24, 2.45) is 0 Å². The number of H-pyrrole nitrogens is 1. The van der Waals surface area contributed by atoms with Crippen LogP contribution in [0.4, 0.5) is 26.3 Å². The van der Waals surface area contributed by atoms with Crippen LogP contribution in [0.25, 0.3) is 34.3 Å². The summed E-state index contributed by atoms with van der Waals surface area (Å²) in [5, 5.41) is 9.56. The van der Waals surface area contributed by atoms with E-state index < -0.39 is 30.1 Å². The molecule has 0 unspecified atom stereocenters. The van der Waals surface area contributed by atoms with E-state index >= 15 is 0 Å². The molecule has 0 fully saturated rings. The van der Waals surface area contributed by atoms with Crippen molar-refractivity contribution < 1.29 is 31.4 Å². The number of aliphatic hydroxyl groups is 1. The number of aliphatic hydroxyl groups excluding tert-OH is 1. The van der Waals surface area contributed by atoms with Crippen molar-refractivity contribution in [3.63, 3.8) is 0 Å². The highest BCUT2D eigenvalue weighted by Crippen LogP contribution is 2.40. The van der Waals surface area contributed by atoms with Gasteiger partial charge in [-0.05, 0) is 52.6 Å². The number of benzene rings is 3. The number of alkyl halides is 6.